The molecule has 0 N–H and O–H groups in total. The summed E-state index contributed by atoms with van der Waals surface area (Å²) >= 11 is 11.7. The third-order valence-electron chi connectivity index (χ3n) is 3.26. The molecule has 0 amide bonds. The van der Waals surface area contributed by atoms with Crippen LogP contribution in [0, 0.1) is 11.2 Å². The minimum absolute atomic E-state index is 0.205. The van der Waals surface area contributed by atoms with Crippen molar-refractivity contribution in [1.29, 1.82) is 0 Å². The van der Waals surface area contributed by atoms with E-state index in [1.54, 1.807) is 12.1 Å². The van der Waals surface area contributed by atoms with Gasteiger partial charge in [0.25, 0.3) is 0 Å². The van der Waals surface area contributed by atoms with Crippen LogP contribution in [0.5, 0.6) is 0 Å². The summed E-state index contributed by atoms with van der Waals surface area (Å²) in [6.45, 7) is 0. The quantitative estimate of drug-likeness (QED) is 0.693. The van der Waals surface area contributed by atoms with Crippen LogP contribution in [0.2, 0.25) is 5.02 Å². The molecule has 0 aliphatic heterocycles. The Bertz CT molecular complexity index is 353. The highest BCUT2D eigenvalue weighted by Crippen LogP contribution is 2.44. The molecule has 1 aromatic carbocycles. The van der Waals surface area contributed by atoms with Gasteiger partial charge in [-0.3, -0.25) is 0 Å². The lowest BCUT2D eigenvalue weighted by atomic mass is 9.67. The number of hydrogen-bond acceptors (Lipinski definition) is 0. The van der Waals surface area contributed by atoms with Crippen molar-refractivity contribution in [2.45, 2.75) is 25.7 Å². The lowest BCUT2D eigenvalue weighted by molar-refractivity contribution is 0.166. The predicted molar refractivity (Wildman–Crippen MR) is 62.1 cm³/mol. The fourth-order valence-corrected chi connectivity index (χ4v) is 2.68. The van der Waals surface area contributed by atoms with Gasteiger partial charge < -0.3 is 0 Å². The van der Waals surface area contributed by atoms with Gasteiger partial charge in [0, 0.05) is 5.88 Å². The van der Waals surface area contributed by atoms with Crippen LogP contribution >= 0.6 is 23.2 Å². The largest absolute Gasteiger partial charge is 0.205 e. The summed E-state index contributed by atoms with van der Waals surface area (Å²) in [6, 6.07) is 4.94. The number of alkyl halides is 1. The maximum Gasteiger partial charge on any atom is 0.141 e. The SMILES string of the molecule is Fc1ccc(CC2(CCl)CCC2)cc1Cl. The lowest BCUT2D eigenvalue weighted by Gasteiger charge is -2.40. The number of rotatable bonds is 3. The molecule has 2 rings (SSSR count). The molecule has 0 unspecified atom stereocenters. The van der Waals surface area contributed by atoms with E-state index in [0.29, 0.717) is 5.88 Å². The highest BCUT2D eigenvalue weighted by atomic mass is 35.5. The van der Waals surface area contributed by atoms with Crippen LogP contribution in [0.4, 0.5) is 4.39 Å². The Morgan fingerprint density at radius 2 is 2.07 bits per heavy atom. The Morgan fingerprint density at radius 3 is 2.53 bits per heavy atom. The lowest BCUT2D eigenvalue weighted by Crippen LogP contribution is -2.33. The molecule has 1 aliphatic rings. The Kier molecular flexibility index (Phi) is 3.22. The van der Waals surface area contributed by atoms with Gasteiger partial charge in [-0.05, 0) is 42.4 Å². The van der Waals surface area contributed by atoms with Gasteiger partial charge >= 0.3 is 0 Å². The normalized spacial score (nSPS) is 18.6. The van der Waals surface area contributed by atoms with Crippen molar-refractivity contribution in [3.05, 3.63) is 34.6 Å². The number of benzene rings is 1. The second-order valence-corrected chi connectivity index (χ2v) is 5.09. The molecule has 0 radical (unpaired) electrons. The van der Waals surface area contributed by atoms with Crippen molar-refractivity contribution in [3.63, 3.8) is 0 Å². The predicted octanol–water partition coefficient (Wildman–Crippen LogP) is 4.43. The fourth-order valence-electron chi connectivity index (χ4n) is 2.12. The van der Waals surface area contributed by atoms with E-state index in [4.69, 9.17) is 23.2 Å². The van der Waals surface area contributed by atoms with Crippen molar-refractivity contribution in [3.8, 4) is 0 Å². The first-order valence-electron chi connectivity index (χ1n) is 5.15. The summed E-state index contributed by atoms with van der Waals surface area (Å²) < 4.78 is 13.0. The summed E-state index contributed by atoms with van der Waals surface area (Å²) in [5.74, 6) is 0.330. The Hall–Kier alpha value is -0.270. The van der Waals surface area contributed by atoms with Gasteiger partial charge in [0.1, 0.15) is 5.82 Å². The van der Waals surface area contributed by atoms with E-state index in [-0.39, 0.29) is 16.3 Å². The van der Waals surface area contributed by atoms with Gasteiger partial charge in [-0.2, -0.15) is 0 Å². The highest BCUT2D eigenvalue weighted by molar-refractivity contribution is 6.30. The van der Waals surface area contributed by atoms with Crippen LogP contribution in [0.1, 0.15) is 24.8 Å². The first-order chi connectivity index (χ1) is 7.15. The van der Waals surface area contributed by atoms with Gasteiger partial charge in [-0.15, -0.1) is 11.6 Å². The van der Waals surface area contributed by atoms with Crippen LogP contribution in [0.15, 0.2) is 18.2 Å². The van der Waals surface area contributed by atoms with Crippen molar-refractivity contribution in [2.24, 2.45) is 5.41 Å². The number of hydrogen-bond donors (Lipinski definition) is 0. The molecular formula is C12H13Cl2F. The van der Waals surface area contributed by atoms with Gasteiger partial charge in [-0.1, -0.05) is 24.1 Å². The van der Waals surface area contributed by atoms with E-state index in [1.165, 1.54) is 25.3 Å². The Labute approximate surface area is 99.4 Å². The summed E-state index contributed by atoms with van der Waals surface area (Å²) in [5, 5.41) is 0.205. The topological polar surface area (TPSA) is 0 Å². The number of halogens is 3. The van der Waals surface area contributed by atoms with Crippen molar-refractivity contribution in [1.82, 2.24) is 0 Å². The molecule has 0 aromatic heterocycles. The van der Waals surface area contributed by atoms with Crippen molar-refractivity contribution < 1.29 is 4.39 Å². The van der Waals surface area contributed by atoms with Crippen LogP contribution in [0.3, 0.4) is 0 Å². The molecule has 1 saturated carbocycles. The van der Waals surface area contributed by atoms with Crippen LogP contribution in [-0.4, -0.2) is 5.88 Å². The van der Waals surface area contributed by atoms with E-state index in [9.17, 15) is 4.39 Å². The summed E-state index contributed by atoms with van der Waals surface area (Å²) in [5.41, 5.74) is 1.32. The first-order valence-corrected chi connectivity index (χ1v) is 6.06. The Morgan fingerprint density at radius 1 is 1.33 bits per heavy atom. The van der Waals surface area contributed by atoms with Crippen LogP contribution in [0.25, 0.3) is 0 Å². The molecule has 0 heterocycles. The minimum Gasteiger partial charge on any atom is -0.205 e. The molecule has 82 valence electrons. The fraction of sp³-hybridized carbons (Fsp3) is 0.500. The van der Waals surface area contributed by atoms with E-state index in [0.717, 1.165) is 12.0 Å². The van der Waals surface area contributed by atoms with Crippen molar-refractivity contribution >= 4 is 23.2 Å². The summed E-state index contributed by atoms with van der Waals surface area (Å²) in [6.07, 6.45) is 4.51. The molecule has 0 nitrogen and oxygen atoms in total. The maximum absolute atomic E-state index is 13.0. The van der Waals surface area contributed by atoms with E-state index < -0.39 is 0 Å². The second kappa shape index (κ2) is 4.31. The maximum atomic E-state index is 13.0. The minimum atomic E-state index is -0.353. The molecule has 0 spiro atoms. The molecular weight excluding hydrogens is 234 g/mol. The molecule has 1 aromatic rings. The first kappa shape index (κ1) is 11.2. The van der Waals surface area contributed by atoms with E-state index in [2.05, 4.69) is 0 Å². The molecule has 0 bridgehead atoms. The average molecular weight is 247 g/mol. The molecule has 3 heteroatoms. The standard InChI is InChI=1S/C12H13Cl2F/c13-8-12(4-1-5-12)7-9-2-3-11(15)10(14)6-9/h2-3,6H,1,4-5,7-8H2. The van der Waals surface area contributed by atoms with Gasteiger partial charge in [-0.25, -0.2) is 4.39 Å². The summed E-state index contributed by atoms with van der Waals surface area (Å²) in [7, 11) is 0. The van der Waals surface area contributed by atoms with Gasteiger partial charge in [0.05, 0.1) is 5.02 Å². The third-order valence-corrected chi connectivity index (χ3v) is 4.12. The van der Waals surface area contributed by atoms with Gasteiger partial charge in [0.15, 0.2) is 0 Å². The van der Waals surface area contributed by atoms with Crippen LogP contribution in [-0.2, 0) is 6.42 Å². The molecule has 1 aliphatic carbocycles. The zero-order valence-corrected chi connectivity index (χ0v) is 9.91. The van der Waals surface area contributed by atoms with E-state index >= 15 is 0 Å². The third kappa shape index (κ3) is 2.29. The van der Waals surface area contributed by atoms with Crippen LogP contribution < -0.4 is 0 Å². The van der Waals surface area contributed by atoms with E-state index in [1.807, 2.05) is 0 Å². The zero-order valence-electron chi connectivity index (χ0n) is 8.40. The second-order valence-electron chi connectivity index (χ2n) is 4.41. The monoisotopic (exact) mass is 246 g/mol. The zero-order chi connectivity index (χ0) is 10.9. The summed E-state index contributed by atoms with van der Waals surface area (Å²) in [4.78, 5) is 0. The molecule has 1 fully saturated rings. The Balaban J connectivity index is 2.13. The average Bonchev–Trinajstić information content (AvgIpc) is 2.17. The molecule has 0 atom stereocenters. The van der Waals surface area contributed by atoms with Gasteiger partial charge in [0.2, 0.25) is 0 Å². The smallest absolute Gasteiger partial charge is 0.141 e. The van der Waals surface area contributed by atoms with Crippen molar-refractivity contribution in [2.75, 3.05) is 5.88 Å². The highest BCUT2D eigenvalue weighted by Gasteiger charge is 2.36. The molecule has 15 heavy (non-hydrogen) atoms. The molecule has 0 saturated heterocycles.